The molecule has 1 fully saturated rings. The predicted molar refractivity (Wildman–Crippen MR) is 102 cm³/mol. The van der Waals surface area contributed by atoms with E-state index < -0.39 is 0 Å². The van der Waals surface area contributed by atoms with Crippen LogP contribution in [0.1, 0.15) is 48.7 Å². The second kappa shape index (κ2) is 6.96. The van der Waals surface area contributed by atoms with Crippen molar-refractivity contribution >= 4 is 18.1 Å². The first kappa shape index (κ1) is 17.4. The molecule has 138 valence electrons. The van der Waals surface area contributed by atoms with Crippen LogP contribution in [0.25, 0.3) is 0 Å². The number of hydrogen-bond donors (Lipinski definition) is 1. The number of nitrogens with zero attached hydrogens (tertiary/aromatic N) is 4. The van der Waals surface area contributed by atoms with Gasteiger partial charge in [0.15, 0.2) is 4.77 Å². The molecule has 1 amide bonds. The van der Waals surface area contributed by atoms with Gasteiger partial charge in [-0.15, -0.1) is 0 Å². The van der Waals surface area contributed by atoms with E-state index in [2.05, 4.69) is 34.3 Å². The van der Waals surface area contributed by atoms with Crippen LogP contribution < -0.4 is 5.73 Å². The van der Waals surface area contributed by atoms with Crippen LogP contribution >= 0.6 is 12.2 Å². The lowest BCUT2D eigenvalue weighted by Crippen LogP contribution is -2.32. The quantitative estimate of drug-likeness (QED) is 0.759. The van der Waals surface area contributed by atoms with E-state index in [9.17, 15) is 4.79 Å². The number of primary amides is 1. The lowest BCUT2D eigenvalue weighted by Gasteiger charge is -2.29. The van der Waals surface area contributed by atoms with Crippen molar-refractivity contribution in [3.05, 3.63) is 46.0 Å². The molecule has 0 saturated heterocycles. The molecule has 1 aromatic carbocycles. The molecular formula is C19H25N5OS. The topological polar surface area (TPSA) is 69.1 Å². The van der Waals surface area contributed by atoms with Crippen LogP contribution in [0.5, 0.6) is 0 Å². The highest BCUT2D eigenvalue weighted by atomic mass is 32.1. The molecule has 1 heterocycles. The van der Waals surface area contributed by atoms with Crippen molar-refractivity contribution < 1.29 is 4.79 Å². The van der Waals surface area contributed by atoms with Gasteiger partial charge < -0.3 is 10.3 Å². The molecule has 2 N–H and O–H groups in total. The Morgan fingerprint density at radius 1 is 1.35 bits per heavy atom. The van der Waals surface area contributed by atoms with Crippen molar-refractivity contribution in [2.24, 2.45) is 12.8 Å². The average molecular weight is 372 g/mol. The van der Waals surface area contributed by atoms with Crippen LogP contribution in [-0.4, -0.2) is 31.2 Å². The van der Waals surface area contributed by atoms with Gasteiger partial charge >= 0.3 is 0 Å². The van der Waals surface area contributed by atoms with Crippen LogP contribution in [0, 0.1) is 4.77 Å². The zero-order valence-electron chi connectivity index (χ0n) is 15.1. The smallest absolute Gasteiger partial charge is 0.217 e. The molecule has 0 radical (unpaired) electrons. The number of benzene rings is 1. The van der Waals surface area contributed by atoms with Gasteiger partial charge in [-0.05, 0) is 49.0 Å². The molecule has 1 aromatic heterocycles. The summed E-state index contributed by atoms with van der Waals surface area (Å²) in [6.45, 7) is 0.701. The molecule has 2 aromatic rings. The third-order valence-electron chi connectivity index (χ3n) is 5.54. The van der Waals surface area contributed by atoms with Gasteiger partial charge in [-0.3, -0.25) is 9.69 Å². The minimum atomic E-state index is -0.312. The maximum absolute atomic E-state index is 11.1. The van der Waals surface area contributed by atoms with Gasteiger partial charge in [0.05, 0.1) is 6.67 Å². The Balaban J connectivity index is 1.58. The third-order valence-corrected chi connectivity index (χ3v) is 6.03. The zero-order valence-corrected chi connectivity index (χ0v) is 15.9. The van der Waals surface area contributed by atoms with Gasteiger partial charge in [0.25, 0.3) is 0 Å². The fourth-order valence-corrected chi connectivity index (χ4v) is 4.19. The van der Waals surface area contributed by atoms with Crippen molar-refractivity contribution in [2.75, 3.05) is 0 Å². The minimum absolute atomic E-state index is 0.294. The molecule has 2 aliphatic rings. The predicted octanol–water partition coefficient (Wildman–Crippen LogP) is 2.48. The molecule has 0 aliphatic heterocycles. The van der Waals surface area contributed by atoms with Crippen LogP contribution in [0.4, 0.5) is 0 Å². The first-order chi connectivity index (χ1) is 12.5. The maximum atomic E-state index is 11.1. The Morgan fingerprint density at radius 2 is 2.12 bits per heavy atom. The largest absolute Gasteiger partial charge is 0.370 e. The SMILES string of the molecule is Cn1c(CCC(N)=O)nn(CN(C2CC2)[C@@H]2CCc3ccccc32)c1=S. The summed E-state index contributed by atoms with van der Waals surface area (Å²) in [7, 11) is 1.91. The number of fused-ring (bicyclic) bond motifs is 1. The van der Waals surface area contributed by atoms with E-state index in [0.29, 0.717) is 36.4 Å². The number of hydrogen-bond acceptors (Lipinski definition) is 4. The van der Waals surface area contributed by atoms with Gasteiger partial charge in [-0.25, -0.2) is 4.68 Å². The van der Waals surface area contributed by atoms with Gasteiger partial charge in [-0.1, -0.05) is 24.3 Å². The first-order valence-electron chi connectivity index (χ1n) is 9.29. The second-order valence-electron chi connectivity index (χ2n) is 7.36. The summed E-state index contributed by atoms with van der Waals surface area (Å²) in [5, 5.41) is 4.68. The highest BCUT2D eigenvalue weighted by Crippen LogP contribution is 2.41. The minimum Gasteiger partial charge on any atom is -0.370 e. The summed E-state index contributed by atoms with van der Waals surface area (Å²) in [6, 6.07) is 9.83. The van der Waals surface area contributed by atoms with Crippen LogP contribution in [0.2, 0.25) is 0 Å². The van der Waals surface area contributed by atoms with E-state index in [-0.39, 0.29) is 5.91 Å². The number of aryl methyl sites for hydroxylation is 2. The molecule has 0 bridgehead atoms. The Labute approximate surface area is 158 Å². The van der Waals surface area contributed by atoms with Crippen molar-refractivity contribution in [1.82, 2.24) is 19.2 Å². The van der Waals surface area contributed by atoms with E-state index in [1.165, 1.54) is 24.0 Å². The van der Waals surface area contributed by atoms with Crippen LogP contribution in [0.3, 0.4) is 0 Å². The summed E-state index contributed by atoms with van der Waals surface area (Å²) >= 11 is 5.59. The summed E-state index contributed by atoms with van der Waals surface area (Å²) < 4.78 is 4.50. The first-order valence-corrected chi connectivity index (χ1v) is 9.70. The summed E-state index contributed by atoms with van der Waals surface area (Å²) in [4.78, 5) is 13.6. The number of carbonyl (C=O) groups excluding carboxylic acids is 1. The molecule has 2 aliphatic carbocycles. The number of nitrogens with two attached hydrogens (primary N) is 1. The standard InChI is InChI=1S/C19H25N5OS/c1-22-18(11-10-17(20)25)21-24(19(22)26)12-23(14-7-8-14)16-9-6-13-4-2-3-5-15(13)16/h2-5,14,16H,6-12H2,1H3,(H2,20,25)/t16-/m1/s1. The summed E-state index contributed by atoms with van der Waals surface area (Å²) in [5.41, 5.74) is 8.20. The average Bonchev–Trinajstić information content (AvgIpc) is 3.33. The van der Waals surface area contributed by atoms with Crippen molar-refractivity contribution in [1.29, 1.82) is 0 Å². The Morgan fingerprint density at radius 3 is 2.85 bits per heavy atom. The van der Waals surface area contributed by atoms with Crippen molar-refractivity contribution in [2.45, 2.75) is 57.3 Å². The van der Waals surface area contributed by atoms with Crippen molar-refractivity contribution in [3.63, 3.8) is 0 Å². The van der Waals surface area contributed by atoms with Crippen molar-refractivity contribution in [3.8, 4) is 0 Å². The molecule has 6 nitrogen and oxygen atoms in total. The van der Waals surface area contributed by atoms with E-state index in [4.69, 9.17) is 18.0 Å². The summed E-state index contributed by atoms with van der Waals surface area (Å²) in [5.74, 6) is 0.504. The fraction of sp³-hybridized carbons (Fsp3) is 0.526. The number of rotatable bonds is 7. The van der Waals surface area contributed by atoms with E-state index in [1.54, 1.807) is 0 Å². The monoisotopic (exact) mass is 371 g/mol. The van der Waals surface area contributed by atoms with Gasteiger partial charge in [0.2, 0.25) is 5.91 Å². The normalized spacial score (nSPS) is 19.1. The molecule has 4 rings (SSSR count). The second-order valence-corrected chi connectivity index (χ2v) is 7.73. The summed E-state index contributed by atoms with van der Waals surface area (Å²) in [6.07, 6.45) is 5.60. The lowest BCUT2D eigenvalue weighted by atomic mass is 10.1. The van der Waals surface area contributed by atoms with Crippen LogP contribution in [0.15, 0.2) is 24.3 Å². The lowest BCUT2D eigenvalue weighted by molar-refractivity contribution is -0.118. The maximum Gasteiger partial charge on any atom is 0.217 e. The molecule has 1 atom stereocenters. The van der Waals surface area contributed by atoms with Crippen LogP contribution in [-0.2, 0) is 31.4 Å². The highest BCUT2D eigenvalue weighted by molar-refractivity contribution is 7.71. The number of amides is 1. The number of carbonyl (C=O) groups is 1. The molecule has 7 heteroatoms. The molecule has 26 heavy (non-hydrogen) atoms. The number of aromatic nitrogens is 3. The highest BCUT2D eigenvalue weighted by Gasteiger charge is 2.37. The molecular weight excluding hydrogens is 346 g/mol. The Bertz CT molecular complexity index is 882. The van der Waals surface area contributed by atoms with E-state index in [1.807, 2.05) is 16.3 Å². The molecule has 1 saturated carbocycles. The van der Waals surface area contributed by atoms with Gasteiger partial charge in [0.1, 0.15) is 5.82 Å². The van der Waals surface area contributed by atoms with Gasteiger partial charge in [-0.2, -0.15) is 5.10 Å². The third kappa shape index (κ3) is 3.33. The molecule has 0 spiro atoms. The molecule has 0 unspecified atom stereocenters. The van der Waals surface area contributed by atoms with E-state index in [0.717, 1.165) is 18.7 Å². The zero-order chi connectivity index (χ0) is 18.3. The Kier molecular flexibility index (Phi) is 4.67. The Hall–Kier alpha value is -1.99. The fourth-order valence-electron chi connectivity index (χ4n) is 3.99. The van der Waals surface area contributed by atoms with E-state index >= 15 is 0 Å². The van der Waals surface area contributed by atoms with Gasteiger partial charge in [0, 0.05) is 32.0 Å².